The molecule has 4 aromatic carbocycles. The van der Waals surface area contributed by atoms with Crippen LogP contribution in [0.25, 0.3) is 0 Å². The molecule has 0 saturated carbocycles. The number of hydrogen-bond acceptors (Lipinski definition) is 2. The molecule has 0 saturated heterocycles. The number of nitrogens with zero attached hydrogens (tertiary/aromatic N) is 2. The second-order valence-corrected chi connectivity index (χ2v) is 7.42. The highest BCUT2D eigenvalue weighted by Crippen LogP contribution is 2.36. The van der Waals surface area contributed by atoms with E-state index in [4.69, 9.17) is 0 Å². The molecule has 0 amide bonds. The minimum atomic E-state index is 1.14. The summed E-state index contributed by atoms with van der Waals surface area (Å²) in [6.07, 6.45) is 0. The van der Waals surface area contributed by atoms with Gasteiger partial charge >= 0.3 is 0 Å². The van der Waals surface area contributed by atoms with Crippen LogP contribution < -0.4 is 9.80 Å². The minimum absolute atomic E-state index is 1.14. The van der Waals surface area contributed by atoms with Gasteiger partial charge in [-0.05, 0) is 85.6 Å². The smallest absolute Gasteiger partial charge is 0.0464 e. The summed E-state index contributed by atoms with van der Waals surface area (Å²) in [4.78, 5) is 4.51. The number of benzene rings is 4. The van der Waals surface area contributed by atoms with Crippen molar-refractivity contribution < 1.29 is 0 Å². The molecule has 0 unspecified atom stereocenters. The summed E-state index contributed by atoms with van der Waals surface area (Å²) in [5.74, 6) is 0. The molecular weight excluding hydrogens is 376 g/mol. The van der Waals surface area contributed by atoms with Crippen LogP contribution in [0.5, 0.6) is 0 Å². The van der Waals surface area contributed by atoms with Crippen molar-refractivity contribution in [2.24, 2.45) is 0 Å². The second kappa shape index (κ2) is 10.5. The van der Waals surface area contributed by atoms with Crippen LogP contribution in [0.3, 0.4) is 0 Å². The van der Waals surface area contributed by atoms with E-state index in [-0.39, 0.29) is 0 Å². The van der Waals surface area contributed by atoms with Crippen molar-refractivity contribution in [3.63, 3.8) is 0 Å². The van der Waals surface area contributed by atoms with E-state index in [0.717, 1.165) is 11.4 Å². The Morgan fingerprint density at radius 2 is 0.871 bits per heavy atom. The number of hydrogen-bond donors (Lipinski definition) is 0. The lowest BCUT2D eigenvalue weighted by Crippen LogP contribution is -2.12. The highest BCUT2D eigenvalue weighted by atomic mass is 15.1. The zero-order valence-electron chi connectivity index (χ0n) is 19.2. The molecule has 158 valence electrons. The van der Waals surface area contributed by atoms with Gasteiger partial charge in [0.15, 0.2) is 0 Å². The topological polar surface area (TPSA) is 6.48 Å². The van der Waals surface area contributed by atoms with Crippen molar-refractivity contribution in [1.82, 2.24) is 0 Å². The van der Waals surface area contributed by atoms with Crippen molar-refractivity contribution in [2.75, 3.05) is 16.8 Å². The van der Waals surface area contributed by atoms with E-state index in [1.54, 1.807) is 0 Å². The van der Waals surface area contributed by atoms with E-state index < -0.39 is 0 Å². The lowest BCUT2D eigenvalue weighted by atomic mass is 10.1. The molecule has 2 heteroatoms. The quantitative estimate of drug-likeness (QED) is 0.326. The molecule has 0 aliphatic heterocycles. The van der Waals surface area contributed by atoms with Crippen LogP contribution >= 0.6 is 0 Å². The molecule has 4 rings (SSSR count). The monoisotopic (exact) mass is 408 g/mol. The zero-order valence-corrected chi connectivity index (χ0v) is 19.2. The summed E-state index contributed by atoms with van der Waals surface area (Å²) in [6, 6.07) is 36.5. The van der Waals surface area contributed by atoms with Crippen molar-refractivity contribution in [1.29, 1.82) is 0 Å². The third-order valence-corrected chi connectivity index (χ3v) is 5.16. The fourth-order valence-electron chi connectivity index (χ4n) is 3.61. The molecule has 0 aliphatic rings. The average Bonchev–Trinajstić information content (AvgIpc) is 2.81. The molecule has 0 spiro atoms. The second-order valence-electron chi connectivity index (χ2n) is 7.42. The Balaban J connectivity index is 0.00000132. The molecule has 0 N–H and O–H groups in total. The van der Waals surface area contributed by atoms with E-state index in [1.807, 2.05) is 19.9 Å². The van der Waals surface area contributed by atoms with Gasteiger partial charge in [0.25, 0.3) is 0 Å². The largest absolute Gasteiger partial charge is 0.345 e. The van der Waals surface area contributed by atoms with Crippen molar-refractivity contribution in [2.45, 2.75) is 27.7 Å². The minimum Gasteiger partial charge on any atom is -0.345 e. The first-order valence-electron chi connectivity index (χ1n) is 10.9. The van der Waals surface area contributed by atoms with Crippen LogP contribution in [0.1, 0.15) is 25.0 Å². The summed E-state index contributed by atoms with van der Waals surface area (Å²) in [5, 5.41) is 0. The zero-order chi connectivity index (χ0) is 22.2. The van der Waals surface area contributed by atoms with Gasteiger partial charge in [-0.25, -0.2) is 0 Å². The molecule has 31 heavy (non-hydrogen) atoms. The molecule has 0 fully saturated rings. The van der Waals surface area contributed by atoms with Gasteiger partial charge in [0, 0.05) is 35.5 Å². The fraction of sp³-hybridized carbons (Fsp3) is 0.172. The average molecular weight is 409 g/mol. The SMILES string of the molecule is CC.Cc1cccc(N(c2ccc(N(C)c3ccccc3)cc2)c2cccc(C)c2)c1. The molecule has 4 aromatic rings. The summed E-state index contributed by atoms with van der Waals surface area (Å²) < 4.78 is 0. The lowest BCUT2D eigenvalue weighted by Gasteiger charge is -2.27. The maximum Gasteiger partial charge on any atom is 0.0464 e. The summed E-state index contributed by atoms with van der Waals surface area (Å²) >= 11 is 0. The Bertz CT molecular complexity index is 1040. The highest BCUT2D eigenvalue weighted by Gasteiger charge is 2.13. The molecule has 0 bridgehead atoms. The van der Waals surface area contributed by atoms with Crippen LogP contribution in [0.15, 0.2) is 103 Å². The normalized spacial score (nSPS) is 10.1. The van der Waals surface area contributed by atoms with E-state index in [2.05, 4.69) is 128 Å². The molecule has 0 heterocycles. The Labute approximate surface area is 187 Å². The van der Waals surface area contributed by atoms with E-state index in [0.29, 0.717) is 0 Å². The first kappa shape index (κ1) is 22.2. The Kier molecular flexibility index (Phi) is 7.50. The summed E-state index contributed by atoms with van der Waals surface area (Å²) in [5.41, 5.74) is 8.31. The van der Waals surface area contributed by atoms with Crippen LogP contribution in [0.2, 0.25) is 0 Å². The third kappa shape index (κ3) is 5.35. The molecular formula is C29H32N2. The first-order valence-corrected chi connectivity index (χ1v) is 10.9. The molecule has 0 aromatic heterocycles. The lowest BCUT2D eigenvalue weighted by molar-refractivity contribution is 1.20. The van der Waals surface area contributed by atoms with Gasteiger partial charge in [-0.15, -0.1) is 0 Å². The van der Waals surface area contributed by atoms with Crippen LogP contribution in [-0.4, -0.2) is 7.05 Å². The predicted molar refractivity (Wildman–Crippen MR) is 136 cm³/mol. The number of anilines is 5. The third-order valence-electron chi connectivity index (χ3n) is 5.16. The van der Waals surface area contributed by atoms with E-state index in [9.17, 15) is 0 Å². The van der Waals surface area contributed by atoms with Gasteiger partial charge in [0.1, 0.15) is 0 Å². The van der Waals surface area contributed by atoms with Gasteiger partial charge < -0.3 is 9.80 Å². The standard InChI is InChI=1S/C27H26N2.C2H6/c1-21-9-7-13-26(19-21)29(27-14-8-10-22(2)20-27)25-17-15-24(16-18-25)28(3)23-11-5-4-6-12-23;1-2/h4-20H,1-3H3;1-2H3. The maximum atomic E-state index is 2.31. The van der Waals surface area contributed by atoms with Crippen molar-refractivity contribution >= 4 is 28.4 Å². The molecule has 0 aliphatic carbocycles. The van der Waals surface area contributed by atoms with E-state index in [1.165, 1.54) is 28.2 Å². The van der Waals surface area contributed by atoms with Crippen molar-refractivity contribution in [3.05, 3.63) is 114 Å². The Morgan fingerprint density at radius 3 is 1.35 bits per heavy atom. The number of aryl methyl sites for hydroxylation is 2. The highest BCUT2D eigenvalue weighted by molar-refractivity contribution is 5.78. The summed E-state index contributed by atoms with van der Waals surface area (Å²) in [6.45, 7) is 8.27. The molecule has 2 nitrogen and oxygen atoms in total. The summed E-state index contributed by atoms with van der Waals surface area (Å²) in [7, 11) is 2.10. The molecule has 0 radical (unpaired) electrons. The Hall–Kier alpha value is -3.52. The Morgan fingerprint density at radius 1 is 0.452 bits per heavy atom. The van der Waals surface area contributed by atoms with Crippen LogP contribution in [-0.2, 0) is 0 Å². The first-order chi connectivity index (χ1) is 15.1. The predicted octanol–water partition coefficient (Wildman–Crippen LogP) is 8.57. The van der Waals surface area contributed by atoms with Gasteiger partial charge in [-0.3, -0.25) is 0 Å². The maximum absolute atomic E-state index is 2.31. The van der Waals surface area contributed by atoms with Crippen LogP contribution in [0, 0.1) is 13.8 Å². The van der Waals surface area contributed by atoms with Gasteiger partial charge in [-0.2, -0.15) is 0 Å². The number of para-hydroxylation sites is 1. The van der Waals surface area contributed by atoms with Crippen molar-refractivity contribution in [3.8, 4) is 0 Å². The van der Waals surface area contributed by atoms with Gasteiger partial charge in [0.05, 0.1) is 0 Å². The van der Waals surface area contributed by atoms with Gasteiger partial charge in [0.2, 0.25) is 0 Å². The van der Waals surface area contributed by atoms with E-state index >= 15 is 0 Å². The number of rotatable bonds is 5. The van der Waals surface area contributed by atoms with Crippen LogP contribution in [0.4, 0.5) is 28.4 Å². The molecule has 0 atom stereocenters. The fourth-order valence-corrected chi connectivity index (χ4v) is 3.61. The van der Waals surface area contributed by atoms with Gasteiger partial charge in [-0.1, -0.05) is 56.3 Å².